The van der Waals surface area contributed by atoms with Crippen molar-refractivity contribution in [3.8, 4) is 11.5 Å². The number of benzene rings is 4. The van der Waals surface area contributed by atoms with Crippen molar-refractivity contribution in [1.82, 2.24) is 0 Å². The summed E-state index contributed by atoms with van der Waals surface area (Å²) in [6.45, 7) is 1.65. The van der Waals surface area contributed by atoms with E-state index in [0.717, 1.165) is 18.2 Å². The monoisotopic (exact) mass is 616 g/mol. The van der Waals surface area contributed by atoms with Gasteiger partial charge in [0.2, 0.25) is 0 Å². The molecule has 0 amide bonds. The maximum Gasteiger partial charge on any atom is 0.296 e. The van der Waals surface area contributed by atoms with E-state index < -0.39 is 52.1 Å². The van der Waals surface area contributed by atoms with Crippen LogP contribution in [-0.2, 0) is 20.2 Å². The number of anilines is 1. The number of hydrogen-bond acceptors (Lipinski definition) is 13. The quantitative estimate of drug-likeness (QED) is 0.0615. The smallest absolute Gasteiger partial charge is 0.296 e. The Hall–Kier alpha value is -5.04. The molecule has 0 spiro atoms. The van der Waals surface area contributed by atoms with Crippen LogP contribution in [0.3, 0.4) is 0 Å². The second-order valence-electron chi connectivity index (χ2n) is 8.62. The lowest BCUT2D eigenvalue weighted by Gasteiger charge is -2.12. The molecule has 218 valence electrons. The number of non-ortho nitro benzene ring substituents is 1. The summed E-state index contributed by atoms with van der Waals surface area (Å²) < 4.78 is 72.0. The van der Waals surface area contributed by atoms with Crippen LogP contribution in [0.25, 0.3) is 10.8 Å². The first-order chi connectivity index (χ1) is 19.6. The summed E-state index contributed by atoms with van der Waals surface area (Å²) in [6, 6.07) is 10.9. The van der Waals surface area contributed by atoms with E-state index in [1.807, 2.05) is 0 Å². The van der Waals surface area contributed by atoms with Gasteiger partial charge in [0.25, 0.3) is 25.9 Å². The molecule has 0 radical (unpaired) electrons. The molecule has 0 saturated carbocycles. The molecule has 0 saturated heterocycles. The maximum atomic E-state index is 12.1. The van der Waals surface area contributed by atoms with Crippen LogP contribution in [0, 0.1) is 17.0 Å². The third-order valence-corrected chi connectivity index (χ3v) is 7.60. The van der Waals surface area contributed by atoms with Gasteiger partial charge in [0.15, 0.2) is 5.75 Å². The van der Waals surface area contributed by atoms with Crippen molar-refractivity contribution in [3.63, 3.8) is 0 Å². The number of methoxy groups -OCH3 is 1. The number of nitrogens with two attached hydrogens (primary N) is 1. The SMILES string of the molecule is COc1cc(N=Nc2ccc([N+](=O)[O-])cc2)c(C)cc1N=Nc1c(S(=O)(=O)O)cc2cc(S(=O)(=O)O)c(N)cc2c1O. The Labute approximate surface area is 237 Å². The van der Waals surface area contributed by atoms with E-state index in [1.54, 1.807) is 6.92 Å². The number of nitrogens with zero attached hydrogens (tertiary/aromatic N) is 5. The fraction of sp³-hybridized carbons (Fsp3) is 0.0833. The topological polar surface area (TPSA) is 257 Å². The second-order valence-corrected chi connectivity index (χ2v) is 11.4. The zero-order valence-electron chi connectivity index (χ0n) is 21.5. The molecular formula is C24H20N6O10S2. The van der Waals surface area contributed by atoms with Crippen molar-refractivity contribution >= 4 is 65.1 Å². The first-order valence-electron chi connectivity index (χ1n) is 11.4. The third-order valence-electron chi connectivity index (χ3n) is 5.83. The van der Waals surface area contributed by atoms with Crippen molar-refractivity contribution < 1.29 is 40.7 Å². The van der Waals surface area contributed by atoms with E-state index >= 15 is 0 Å². The molecule has 0 aromatic heterocycles. The van der Waals surface area contributed by atoms with Crippen LogP contribution < -0.4 is 10.5 Å². The molecule has 18 heteroatoms. The number of nitrogen functional groups attached to an aromatic ring is 1. The van der Waals surface area contributed by atoms with Gasteiger partial charge in [-0.3, -0.25) is 19.2 Å². The van der Waals surface area contributed by atoms with Gasteiger partial charge in [-0.05, 0) is 54.3 Å². The molecule has 4 aromatic rings. The average molecular weight is 617 g/mol. The van der Waals surface area contributed by atoms with Crippen LogP contribution >= 0.6 is 0 Å². The predicted molar refractivity (Wildman–Crippen MR) is 149 cm³/mol. The van der Waals surface area contributed by atoms with Gasteiger partial charge in [-0.2, -0.15) is 27.1 Å². The molecule has 0 bridgehead atoms. The van der Waals surface area contributed by atoms with E-state index in [-0.39, 0.29) is 27.9 Å². The lowest BCUT2D eigenvalue weighted by molar-refractivity contribution is -0.384. The normalized spacial score (nSPS) is 12.4. The molecule has 42 heavy (non-hydrogen) atoms. The standard InChI is InChI=1S/C24H20N6O10S2/c1-12-7-19(20(40-2)11-18(12)27-26-14-3-5-15(6-4-14)30(32)33)28-29-23-22(42(37,38)39)9-13-8-21(41(34,35)36)17(25)10-16(13)24(23)31/h3-11,31H,25H2,1-2H3,(H,34,35,36)(H,37,38,39). The molecule has 5 N–H and O–H groups in total. The van der Waals surface area contributed by atoms with Crippen LogP contribution in [-0.4, -0.2) is 43.1 Å². The summed E-state index contributed by atoms with van der Waals surface area (Å²) in [4.78, 5) is 8.62. The second kappa shape index (κ2) is 11.1. The Morgan fingerprint density at radius 1 is 0.857 bits per heavy atom. The van der Waals surface area contributed by atoms with Crippen LogP contribution in [0.1, 0.15) is 5.56 Å². The summed E-state index contributed by atoms with van der Waals surface area (Å²) in [5, 5.41) is 37.3. The van der Waals surface area contributed by atoms with Crippen molar-refractivity contribution in [3.05, 3.63) is 70.3 Å². The first kappa shape index (κ1) is 29.9. The van der Waals surface area contributed by atoms with E-state index in [1.165, 1.54) is 43.5 Å². The molecule has 0 fully saturated rings. The van der Waals surface area contributed by atoms with Gasteiger partial charge in [-0.25, -0.2) is 0 Å². The van der Waals surface area contributed by atoms with Crippen molar-refractivity contribution in [2.75, 3.05) is 12.8 Å². The maximum absolute atomic E-state index is 12.1. The van der Waals surface area contributed by atoms with Crippen molar-refractivity contribution in [2.24, 2.45) is 20.5 Å². The number of fused-ring (bicyclic) bond motifs is 1. The molecule has 16 nitrogen and oxygen atoms in total. The number of nitro groups is 1. The average Bonchev–Trinajstić information content (AvgIpc) is 2.91. The molecule has 4 aromatic carbocycles. The number of aryl methyl sites for hydroxylation is 1. The Balaban J connectivity index is 1.78. The molecule has 0 unspecified atom stereocenters. The van der Waals surface area contributed by atoms with Crippen molar-refractivity contribution in [2.45, 2.75) is 16.7 Å². The fourth-order valence-corrected chi connectivity index (χ4v) is 5.07. The fourth-order valence-electron chi connectivity index (χ4n) is 3.78. The highest BCUT2D eigenvalue weighted by Gasteiger charge is 2.24. The molecule has 4 rings (SSSR count). The zero-order chi connectivity index (χ0) is 31.0. The van der Waals surface area contributed by atoms with Gasteiger partial charge in [0.1, 0.15) is 26.9 Å². The number of nitro benzene ring substituents is 1. The number of hydrogen-bond donors (Lipinski definition) is 4. The van der Waals surface area contributed by atoms with Gasteiger partial charge in [-0.1, -0.05) is 0 Å². The number of phenols is 1. The van der Waals surface area contributed by atoms with E-state index in [4.69, 9.17) is 10.5 Å². The third kappa shape index (κ3) is 6.15. The summed E-state index contributed by atoms with van der Waals surface area (Å²) in [5.74, 6) is -0.695. The van der Waals surface area contributed by atoms with Crippen LogP contribution in [0.5, 0.6) is 11.5 Å². The minimum absolute atomic E-state index is 0.0614. The number of aromatic hydroxyl groups is 1. The molecule has 0 aliphatic heterocycles. The zero-order valence-corrected chi connectivity index (χ0v) is 23.2. The molecule has 0 heterocycles. The van der Waals surface area contributed by atoms with Gasteiger partial charge >= 0.3 is 0 Å². The molecular weight excluding hydrogens is 596 g/mol. The Morgan fingerprint density at radius 3 is 2.02 bits per heavy atom. The number of azo groups is 2. The van der Waals surface area contributed by atoms with Crippen LogP contribution in [0.15, 0.2) is 84.8 Å². The van der Waals surface area contributed by atoms with Gasteiger partial charge < -0.3 is 15.6 Å². The highest BCUT2D eigenvalue weighted by molar-refractivity contribution is 7.86. The Morgan fingerprint density at radius 2 is 1.45 bits per heavy atom. The van der Waals surface area contributed by atoms with E-state index in [9.17, 15) is 41.2 Å². The largest absolute Gasteiger partial charge is 0.505 e. The molecule has 0 aliphatic carbocycles. The Bertz CT molecular complexity index is 2030. The minimum Gasteiger partial charge on any atom is -0.505 e. The first-order valence-corrected chi connectivity index (χ1v) is 14.3. The van der Waals surface area contributed by atoms with Crippen LogP contribution in [0.4, 0.5) is 34.1 Å². The van der Waals surface area contributed by atoms with E-state index in [0.29, 0.717) is 16.9 Å². The summed E-state index contributed by atoms with van der Waals surface area (Å²) in [7, 11) is -8.52. The predicted octanol–water partition coefficient (Wildman–Crippen LogP) is 5.68. The molecule has 0 aliphatic rings. The lowest BCUT2D eigenvalue weighted by atomic mass is 10.1. The Kier molecular flexibility index (Phi) is 7.90. The highest BCUT2D eigenvalue weighted by Crippen LogP contribution is 2.44. The van der Waals surface area contributed by atoms with Gasteiger partial charge in [0, 0.05) is 23.6 Å². The summed E-state index contributed by atoms with van der Waals surface area (Å²) in [6.07, 6.45) is 0. The van der Waals surface area contributed by atoms with Crippen LogP contribution in [0.2, 0.25) is 0 Å². The number of ether oxygens (including phenoxy) is 1. The van der Waals surface area contributed by atoms with Gasteiger partial charge in [0.05, 0.1) is 29.1 Å². The summed E-state index contributed by atoms with van der Waals surface area (Å²) in [5.41, 5.74) is 5.71. The van der Waals surface area contributed by atoms with Gasteiger partial charge in [-0.15, -0.1) is 10.2 Å². The molecule has 0 atom stereocenters. The number of phenolic OH excluding ortho intramolecular Hbond substituents is 1. The van der Waals surface area contributed by atoms with E-state index in [2.05, 4.69) is 20.5 Å². The lowest BCUT2D eigenvalue weighted by Crippen LogP contribution is -2.04. The summed E-state index contributed by atoms with van der Waals surface area (Å²) >= 11 is 0. The van der Waals surface area contributed by atoms with Crippen molar-refractivity contribution in [1.29, 1.82) is 0 Å². The number of rotatable bonds is 8. The minimum atomic E-state index is -5.04. The highest BCUT2D eigenvalue weighted by atomic mass is 32.2.